The minimum absolute atomic E-state index is 0. The molecule has 1 aliphatic rings. The van der Waals surface area contributed by atoms with Gasteiger partial charge in [-0.3, -0.25) is 38.8 Å². The Kier molecular flexibility index (Phi) is 13.8. The van der Waals surface area contributed by atoms with Crippen LogP contribution in [-0.4, -0.2) is 168 Å². The third-order valence-electron chi connectivity index (χ3n) is 4.37. The summed E-state index contributed by atoms with van der Waals surface area (Å²) in [5, 5.41) is 36.3. The van der Waals surface area contributed by atoms with E-state index in [-0.39, 0.29) is 52.0 Å². The molecule has 1 fully saturated rings. The van der Waals surface area contributed by atoms with Gasteiger partial charge in [0.15, 0.2) is 0 Å². The SMILES string of the molecule is O=C(O)CN1CCN(CC(=O)O)CCN(CC(=O)O)CCN(CC(=O)O)CC1.[InH3]. The Morgan fingerprint density at radius 3 is 0.690 bits per heavy atom. The molecular formula is C16H31InN4O8. The molecule has 0 aromatic carbocycles. The molecule has 29 heavy (non-hydrogen) atoms. The average molecular weight is 522 g/mol. The topological polar surface area (TPSA) is 162 Å². The first-order valence-electron chi connectivity index (χ1n) is 8.92. The van der Waals surface area contributed by atoms with Crippen molar-refractivity contribution in [1.29, 1.82) is 0 Å². The molecule has 13 heteroatoms. The van der Waals surface area contributed by atoms with Crippen molar-refractivity contribution in [2.75, 3.05) is 78.5 Å². The Bertz CT molecular complexity index is 453. The van der Waals surface area contributed by atoms with Crippen molar-refractivity contribution >= 4 is 49.7 Å². The summed E-state index contributed by atoms with van der Waals surface area (Å²) in [5.41, 5.74) is 0. The fourth-order valence-electron chi connectivity index (χ4n) is 2.98. The normalized spacial score (nSPS) is 18.8. The molecule has 0 bridgehead atoms. The van der Waals surface area contributed by atoms with Crippen LogP contribution in [0, 0.1) is 0 Å². The molecule has 166 valence electrons. The molecule has 0 spiro atoms. The summed E-state index contributed by atoms with van der Waals surface area (Å²) in [4.78, 5) is 50.9. The van der Waals surface area contributed by atoms with Crippen molar-refractivity contribution in [3.63, 3.8) is 0 Å². The number of hydrogen-bond donors (Lipinski definition) is 4. The summed E-state index contributed by atoms with van der Waals surface area (Å²) in [6.45, 7) is 1.52. The van der Waals surface area contributed by atoms with E-state index in [0.717, 1.165) is 0 Å². The summed E-state index contributed by atoms with van der Waals surface area (Å²) in [7, 11) is 0. The Morgan fingerprint density at radius 1 is 0.448 bits per heavy atom. The van der Waals surface area contributed by atoms with E-state index in [9.17, 15) is 19.2 Å². The maximum atomic E-state index is 11.1. The van der Waals surface area contributed by atoms with Gasteiger partial charge >= 0.3 is 49.7 Å². The van der Waals surface area contributed by atoms with Crippen molar-refractivity contribution in [1.82, 2.24) is 19.6 Å². The Labute approximate surface area is 187 Å². The third-order valence-corrected chi connectivity index (χ3v) is 4.37. The molecule has 0 saturated carbocycles. The summed E-state index contributed by atoms with van der Waals surface area (Å²) >= 11 is 0. The van der Waals surface area contributed by atoms with Gasteiger partial charge < -0.3 is 20.4 Å². The van der Waals surface area contributed by atoms with Gasteiger partial charge in [0.05, 0.1) is 26.2 Å². The molecule has 12 nitrogen and oxygen atoms in total. The number of aliphatic carboxylic acids is 4. The molecule has 0 aliphatic carbocycles. The second-order valence-corrected chi connectivity index (χ2v) is 6.68. The number of carboxylic acid groups (broad SMARTS) is 4. The molecule has 0 aromatic heterocycles. The number of rotatable bonds is 8. The second-order valence-electron chi connectivity index (χ2n) is 6.68. The zero-order valence-corrected chi connectivity index (χ0v) is 15.7. The fraction of sp³-hybridized carbons (Fsp3) is 0.750. The third kappa shape index (κ3) is 13.4. The van der Waals surface area contributed by atoms with Crippen LogP contribution >= 0.6 is 0 Å². The van der Waals surface area contributed by atoms with E-state index in [1.165, 1.54) is 0 Å². The van der Waals surface area contributed by atoms with Crippen molar-refractivity contribution < 1.29 is 39.6 Å². The van der Waals surface area contributed by atoms with Gasteiger partial charge in [-0.15, -0.1) is 0 Å². The van der Waals surface area contributed by atoms with Gasteiger partial charge in [0.2, 0.25) is 0 Å². The second kappa shape index (κ2) is 14.6. The monoisotopic (exact) mass is 522 g/mol. The molecule has 1 saturated heterocycles. The summed E-state index contributed by atoms with van der Waals surface area (Å²) in [6.07, 6.45) is 0. The van der Waals surface area contributed by atoms with E-state index < -0.39 is 23.9 Å². The molecule has 4 N–H and O–H groups in total. The van der Waals surface area contributed by atoms with Crippen LogP contribution in [0.25, 0.3) is 0 Å². The van der Waals surface area contributed by atoms with Crippen molar-refractivity contribution in [3.05, 3.63) is 0 Å². The van der Waals surface area contributed by atoms with E-state index in [2.05, 4.69) is 0 Å². The van der Waals surface area contributed by atoms with Gasteiger partial charge in [-0.2, -0.15) is 0 Å². The summed E-state index contributed by atoms with van der Waals surface area (Å²) in [5.74, 6) is -4.08. The van der Waals surface area contributed by atoms with Crippen molar-refractivity contribution in [2.45, 2.75) is 0 Å². The van der Waals surface area contributed by atoms with Gasteiger partial charge in [-0.05, 0) is 0 Å². The molecule has 0 aromatic rings. The zero-order chi connectivity index (χ0) is 21.1. The molecule has 0 unspecified atom stereocenters. The predicted octanol–water partition coefficient (Wildman–Crippen LogP) is -3.64. The number of hydrogen-bond acceptors (Lipinski definition) is 8. The van der Waals surface area contributed by atoms with E-state index in [4.69, 9.17) is 20.4 Å². The molecule has 0 radical (unpaired) electrons. The Hall–Kier alpha value is -1.41. The molecule has 1 heterocycles. The van der Waals surface area contributed by atoms with Gasteiger partial charge in [-0.1, -0.05) is 0 Å². The van der Waals surface area contributed by atoms with E-state index >= 15 is 0 Å². The standard InChI is InChI=1S/C16H28N4O8.In.3H/c21-13(22)9-17-1-2-18(10-14(23)24)5-6-20(12-16(27)28)8-7-19(4-3-17)11-15(25)26;;;;/h1-12H2,(H,21,22)(H,23,24)(H,25,26)(H,27,28);;;;. The zero-order valence-electron chi connectivity index (χ0n) is 15.7. The van der Waals surface area contributed by atoms with Crippen LogP contribution in [0.3, 0.4) is 0 Å². The number of carboxylic acids is 4. The van der Waals surface area contributed by atoms with Crippen LogP contribution in [0.15, 0.2) is 0 Å². The first-order valence-corrected chi connectivity index (χ1v) is 8.92. The average Bonchev–Trinajstić information content (AvgIpc) is 2.55. The van der Waals surface area contributed by atoms with E-state index in [1.54, 1.807) is 19.6 Å². The van der Waals surface area contributed by atoms with Crippen LogP contribution < -0.4 is 0 Å². The molecule has 0 atom stereocenters. The predicted molar refractivity (Wildman–Crippen MR) is 106 cm³/mol. The van der Waals surface area contributed by atoms with Crippen LogP contribution in [0.2, 0.25) is 0 Å². The number of carbonyl (C=O) groups is 4. The molecule has 1 aliphatic heterocycles. The Balaban J connectivity index is 0.00000784. The summed E-state index contributed by atoms with van der Waals surface area (Å²) in [6, 6.07) is 0. The minimum atomic E-state index is -1.02. The summed E-state index contributed by atoms with van der Waals surface area (Å²) < 4.78 is 0. The molecule has 1 rings (SSSR count). The van der Waals surface area contributed by atoms with Gasteiger partial charge in [-0.25, -0.2) is 0 Å². The molecule has 0 amide bonds. The van der Waals surface area contributed by atoms with Gasteiger partial charge in [0.1, 0.15) is 0 Å². The van der Waals surface area contributed by atoms with Gasteiger partial charge in [0.25, 0.3) is 0 Å². The van der Waals surface area contributed by atoms with Gasteiger partial charge in [0, 0.05) is 52.4 Å². The first kappa shape index (κ1) is 27.6. The van der Waals surface area contributed by atoms with Crippen molar-refractivity contribution in [3.8, 4) is 0 Å². The first-order chi connectivity index (χ1) is 13.2. The fourth-order valence-corrected chi connectivity index (χ4v) is 2.98. The molecular weight excluding hydrogens is 491 g/mol. The van der Waals surface area contributed by atoms with Crippen molar-refractivity contribution in [2.24, 2.45) is 0 Å². The van der Waals surface area contributed by atoms with Crippen LogP contribution in [0.4, 0.5) is 0 Å². The van der Waals surface area contributed by atoms with Crippen LogP contribution in [-0.2, 0) is 19.2 Å². The van der Waals surface area contributed by atoms with Crippen LogP contribution in [0.1, 0.15) is 0 Å². The quantitative estimate of drug-likeness (QED) is 0.248. The van der Waals surface area contributed by atoms with E-state index in [1.807, 2.05) is 0 Å². The van der Waals surface area contributed by atoms with Crippen LogP contribution in [0.5, 0.6) is 0 Å². The number of nitrogens with zero attached hydrogens (tertiary/aromatic N) is 4. The van der Waals surface area contributed by atoms with E-state index in [0.29, 0.717) is 52.4 Å². The Morgan fingerprint density at radius 2 is 0.586 bits per heavy atom. The maximum absolute atomic E-state index is 11.1.